The van der Waals surface area contributed by atoms with Crippen LogP contribution in [0.2, 0.25) is 0 Å². The molecule has 2 unspecified atom stereocenters. The number of aromatic nitrogens is 1. The monoisotopic (exact) mass is 411 g/mol. The first-order valence-electron chi connectivity index (χ1n) is 10.4. The van der Waals surface area contributed by atoms with Gasteiger partial charge in [-0.2, -0.15) is 0 Å². The maximum Gasteiger partial charge on any atom is 0.272 e. The second kappa shape index (κ2) is 8.19. The third kappa shape index (κ3) is 4.24. The van der Waals surface area contributed by atoms with Crippen LogP contribution in [-0.2, 0) is 0 Å². The lowest BCUT2D eigenvalue weighted by Gasteiger charge is -2.23. The van der Waals surface area contributed by atoms with Gasteiger partial charge in [-0.1, -0.05) is 13.0 Å². The number of carbonyl (C=O) groups excluding carboxylic acids is 1. The highest BCUT2D eigenvalue weighted by Crippen LogP contribution is 2.34. The topological polar surface area (TPSA) is 48.1 Å². The molecular formula is C24H27F2N3O. The highest BCUT2D eigenvalue weighted by atomic mass is 19.1. The van der Waals surface area contributed by atoms with Crippen LogP contribution >= 0.6 is 0 Å². The highest BCUT2D eigenvalue weighted by molar-refractivity contribution is 6.06. The van der Waals surface area contributed by atoms with E-state index in [9.17, 15) is 13.6 Å². The normalized spacial score (nSPS) is 18.3. The Morgan fingerprint density at radius 2 is 1.83 bits per heavy atom. The van der Waals surface area contributed by atoms with Crippen LogP contribution in [-0.4, -0.2) is 34.9 Å². The second-order valence-corrected chi connectivity index (χ2v) is 8.57. The van der Waals surface area contributed by atoms with E-state index in [0.29, 0.717) is 23.6 Å². The number of amides is 1. The molecule has 6 heteroatoms. The van der Waals surface area contributed by atoms with E-state index in [2.05, 4.69) is 48.1 Å². The van der Waals surface area contributed by atoms with Gasteiger partial charge in [-0.25, -0.2) is 8.78 Å². The van der Waals surface area contributed by atoms with Crippen LogP contribution in [0.4, 0.5) is 14.5 Å². The Morgan fingerprint density at radius 3 is 2.50 bits per heavy atom. The number of hydrogen-bond acceptors (Lipinski definition) is 2. The third-order valence-electron chi connectivity index (χ3n) is 6.23. The molecule has 0 spiro atoms. The van der Waals surface area contributed by atoms with Gasteiger partial charge < -0.3 is 15.2 Å². The van der Waals surface area contributed by atoms with E-state index in [0.717, 1.165) is 42.2 Å². The van der Waals surface area contributed by atoms with Crippen LogP contribution in [0.5, 0.6) is 0 Å². The van der Waals surface area contributed by atoms with Crippen molar-refractivity contribution in [3.05, 3.63) is 65.4 Å². The summed E-state index contributed by atoms with van der Waals surface area (Å²) in [7, 11) is 0. The van der Waals surface area contributed by atoms with Crippen LogP contribution in [0, 0.1) is 17.6 Å². The van der Waals surface area contributed by atoms with E-state index >= 15 is 0 Å². The van der Waals surface area contributed by atoms with Crippen molar-refractivity contribution in [3.63, 3.8) is 0 Å². The summed E-state index contributed by atoms with van der Waals surface area (Å²) < 4.78 is 26.7. The van der Waals surface area contributed by atoms with Gasteiger partial charge in [0.2, 0.25) is 0 Å². The van der Waals surface area contributed by atoms with Gasteiger partial charge >= 0.3 is 0 Å². The van der Waals surface area contributed by atoms with Crippen molar-refractivity contribution < 1.29 is 13.6 Å². The molecule has 158 valence electrons. The van der Waals surface area contributed by atoms with Gasteiger partial charge in [0.25, 0.3) is 5.91 Å². The molecule has 3 aromatic rings. The molecule has 2 atom stereocenters. The molecule has 1 saturated heterocycles. The summed E-state index contributed by atoms with van der Waals surface area (Å²) in [6.45, 7) is 9.01. The van der Waals surface area contributed by atoms with Gasteiger partial charge in [0, 0.05) is 35.2 Å². The molecule has 4 rings (SSSR count). The van der Waals surface area contributed by atoms with Crippen LogP contribution < -0.4 is 5.32 Å². The number of H-pyrrole nitrogens is 1. The molecule has 30 heavy (non-hydrogen) atoms. The van der Waals surface area contributed by atoms with E-state index in [1.165, 1.54) is 12.0 Å². The first-order valence-corrected chi connectivity index (χ1v) is 10.4. The van der Waals surface area contributed by atoms with Crippen molar-refractivity contribution in [1.82, 2.24) is 9.88 Å². The Hall–Kier alpha value is -2.73. The minimum atomic E-state index is -0.733. The van der Waals surface area contributed by atoms with Crippen molar-refractivity contribution in [3.8, 4) is 0 Å². The van der Waals surface area contributed by atoms with Crippen LogP contribution in [0.1, 0.15) is 49.2 Å². The first kappa shape index (κ1) is 20.5. The molecule has 0 aliphatic carbocycles. The maximum absolute atomic E-state index is 13.4. The standard InChI is InChI=1S/C24H27F2N3O/c1-14(2)29-7-6-17(13-29)15(3)16-4-5-22-18(8-16)9-23(28-22)24(30)27-21-11-19(25)10-20(26)12-21/h4-5,8-12,14-15,17,28H,6-7,13H2,1-3H3,(H,27,30). The van der Waals surface area contributed by atoms with Crippen molar-refractivity contribution in [2.45, 2.75) is 39.2 Å². The molecule has 1 aliphatic rings. The van der Waals surface area contributed by atoms with Crippen LogP contribution in [0.15, 0.2) is 42.5 Å². The summed E-state index contributed by atoms with van der Waals surface area (Å²) >= 11 is 0. The summed E-state index contributed by atoms with van der Waals surface area (Å²) in [6, 6.07) is 11.5. The zero-order valence-electron chi connectivity index (χ0n) is 17.5. The number of anilines is 1. The number of benzene rings is 2. The molecule has 2 N–H and O–H groups in total. The molecule has 0 radical (unpaired) electrons. The van der Waals surface area contributed by atoms with E-state index in [1.54, 1.807) is 6.07 Å². The largest absolute Gasteiger partial charge is 0.351 e. The summed E-state index contributed by atoms with van der Waals surface area (Å²) in [5.74, 6) is -0.851. The number of nitrogens with one attached hydrogen (secondary N) is 2. The lowest BCUT2D eigenvalue weighted by molar-refractivity contribution is 0.102. The van der Waals surface area contributed by atoms with Gasteiger partial charge in [0.05, 0.1) is 0 Å². The van der Waals surface area contributed by atoms with Gasteiger partial charge in [-0.15, -0.1) is 0 Å². The minimum absolute atomic E-state index is 0.0846. The summed E-state index contributed by atoms with van der Waals surface area (Å²) in [4.78, 5) is 18.2. The molecule has 1 amide bonds. The number of rotatable bonds is 5. The number of fused-ring (bicyclic) bond motifs is 1. The third-order valence-corrected chi connectivity index (χ3v) is 6.23. The Kier molecular flexibility index (Phi) is 5.60. The molecule has 2 heterocycles. The summed E-state index contributed by atoms with van der Waals surface area (Å²) in [6.07, 6.45) is 1.20. The molecule has 0 bridgehead atoms. The van der Waals surface area contributed by atoms with Gasteiger partial charge in [-0.05, 0) is 74.5 Å². The fraction of sp³-hybridized carbons (Fsp3) is 0.375. The molecule has 1 aromatic heterocycles. The maximum atomic E-state index is 13.4. The Balaban J connectivity index is 1.51. The number of aromatic amines is 1. The van der Waals surface area contributed by atoms with Gasteiger partial charge in [0.1, 0.15) is 17.3 Å². The van der Waals surface area contributed by atoms with E-state index < -0.39 is 17.5 Å². The van der Waals surface area contributed by atoms with Crippen LogP contribution in [0.25, 0.3) is 10.9 Å². The first-order chi connectivity index (χ1) is 14.3. The molecule has 4 nitrogen and oxygen atoms in total. The molecule has 2 aromatic carbocycles. The van der Waals surface area contributed by atoms with Gasteiger partial charge in [0.15, 0.2) is 0 Å². The van der Waals surface area contributed by atoms with Crippen molar-refractivity contribution >= 4 is 22.5 Å². The van der Waals surface area contributed by atoms with Crippen molar-refractivity contribution in [2.75, 3.05) is 18.4 Å². The summed E-state index contributed by atoms with van der Waals surface area (Å²) in [5, 5.41) is 3.50. The fourth-order valence-electron chi connectivity index (χ4n) is 4.35. The second-order valence-electron chi connectivity index (χ2n) is 8.57. The fourth-order valence-corrected chi connectivity index (χ4v) is 4.35. The Morgan fingerprint density at radius 1 is 1.10 bits per heavy atom. The minimum Gasteiger partial charge on any atom is -0.351 e. The SMILES string of the molecule is CC(c1ccc2[nH]c(C(=O)Nc3cc(F)cc(F)c3)cc2c1)C1CCN(C(C)C)C1. The van der Waals surface area contributed by atoms with E-state index in [-0.39, 0.29) is 5.69 Å². The number of hydrogen-bond donors (Lipinski definition) is 2. The number of carbonyl (C=O) groups is 1. The molecule has 0 saturated carbocycles. The number of nitrogens with zero attached hydrogens (tertiary/aromatic N) is 1. The lowest BCUT2D eigenvalue weighted by Crippen LogP contribution is -2.28. The predicted octanol–water partition coefficient (Wildman–Crippen LogP) is 5.53. The lowest BCUT2D eigenvalue weighted by atomic mass is 9.86. The predicted molar refractivity (Wildman–Crippen MR) is 116 cm³/mol. The average molecular weight is 411 g/mol. The average Bonchev–Trinajstić information content (AvgIpc) is 3.33. The van der Waals surface area contributed by atoms with Crippen molar-refractivity contribution in [1.29, 1.82) is 0 Å². The molecule has 1 fully saturated rings. The van der Waals surface area contributed by atoms with E-state index in [1.807, 2.05) is 6.07 Å². The highest BCUT2D eigenvalue weighted by Gasteiger charge is 2.29. The smallest absolute Gasteiger partial charge is 0.272 e. The Bertz CT molecular complexity index is 1060. The van der Waals surface area contributed by atoms with Crippen LogP contribution in [0.3, 0.4) is 0 Å². The zero-order valence-corrected chi connectivity index (χ0v) is 17.5. The molecule has 1 aliphatic heterocycles. The number of halogens is 2. The van der Waals surface area contributed by atoms with Crippen molar-refractivity contribution in [2.24, 2.45) is 5.92 Å². The zero-order chi connectivity index (χ0) is 21.4. The summed E-state index contributed by atoms with van der Waals surface area (Å²) in [5.41, 5.74) is 2.56. The van der Waals surface area contributed by atoms with Gasteiger partial charge in [-0.3, -0.25) is 4.79 Å². The van der Waals surface area contributed by atoms with E-state index in [4.69, 9.17) is 0 Å². The quantitative estimate of drug-likeness (QED) is 0.580. The molecular weight excluding hydrogens is 384 g/mol. The number of likely N-dealkylation sites (tertiary alicyclic amines) is 1. The Labute approximate surface area is 175 Å².